The van der Waals surface area contributed by atoms with Gasteiger partial charge in [-0.1, -0.05) is 12.1 Å². The van der Waals surface area contributed by atoms with Gasteiger partial charge in [0.05, 0.1) is 22.4 Å². The second-order valence-corrected chi connectivity index (χ2v) is 5.63. The van der Waals surface area contributed by atoms with Gasteiger partial charge in [-0.2, -0.15) is 5.10 Å². The van der Waals surface area contributed by atoms with Crippen LogP contribution in [0.2, 0.25) is 0 Å². The molecule has 0 aliphatic heterocycles. The zero-order valence-corrected chi connectivity index (χ0v) is 13.6. The van der Waals surface area contributed by atoms with Gasteiger partial charge in [0.1, 0.15) is 0 Å². The molecule has 6 heteroatoms. The SMILES string of the molecule is CCn1ncc(Br)c1C(NN)c1ccc(N(C)C)cc1. The molecule has 108 valence electrons. The van der Waals surface area contributed by atoms with Crippen molar-refractivity contribution in [2.75, 3.05) is 19.0 Å². The Balaban J connectivity index is 2.39. The van der Waals surface area contributed by atoms with E-state index in [0.29, 0.717) is 0 Å². The number of hydrazine groups is 1. The number of nitrogens with zero attached hydrogens (tertiary/aromatic N) is 3. The lowest BCUT2D eigenvalue weighted by Crippen LogP contribution is -2.31. The molecule has 0 amide bonds. The fourth-order valence-corrected chi connectivity index (χ4v) is 2.73. The van der Waals surface area contributed by atoms with Crippen molar-refractivity contribution in [3.63, 3.8) is 0 Å². The summed E-state index contributed by atoms with van der Waals surface area (Å²) in [7, 11) is 4.05. The molecule has 20 heavy (non-hydrogen) atoms. The highest BCUT2D eigenvalue weighted by Crippen LogP contribution is 2.29. The van der Waals surface area contributed by atoms with Gasteiger partial charge in [-0.25, -0.2) is 5.43 Å². The van der Waals surface area contributed by atoms with E-state index in [9.17, 15) is 0 Å². The molecule has 0 fully saturated rings. The first kappa shape index (κ1) is 15.0. The Morgan fingerprint density at radius 3 is 2.50 bits per heavy atom. The lowest BCUT2D eigenvalue weighted by atomic mass is 10.0. The normalized spacial score (nSPS) is 12.4. The van der Waals surface area contributed by atoms with Gasteiger partial charge < -0.3 is 4.90 Å². The molecular formula is C14H20BrN5. The van der Waals surface area contributed by atoms with Crippen molar-refractivity contribution in [3.8, 4) is 0 Å². The molecule has 0 bridgehead atoms. The van der Waals surface area contributed by atoms with Gasteiger partial charge in [0.25, 0.3) is 0 Å². The predicted molar refractivity (Wildman–Crippen MR) is 85.5 cm³/mol. The minimum Gasteiger partial charge on any atom is -0.378 e. The molecule has 1 aromatic carbocycles. The molecule has 1 heterocycles. The van der Waals surface area contributed by atoms with Gasteiger partial charge in [-0.15, -0.1) is 0 Å². The molecule has 1 aromatic heterocycles. The van der Waals surface area contributed by atoms with Gasteiger partial charge in [0.15, 0.2) is 0 Å². The highest BCUT2D eigenvalue weighted by molar-refractivity contribution is 9.10. The quantitative estimate of drug-likeness (QED) is 0.649. The number of aromatic nitrogens is 2. The summed E-state index contributed by atoms with van der Waals surface area (Å²) >= 11 is 3.55. The van der Waals surface area contributed by atoms with Gasteiger partial charge in [-0.05, 0) is 40.5 Å². The van der Waals surface area contributed by atoms with Crippen molar-refractivity contribution < 1.29 is 0 Å². The Labute approximate surface area is 127 Å². The fourth-order valence-electron chi connectivity index (χ4n) is 2.21. The Morgan fingerprint density at radius 1 is 1.35 bits per heavy atom. The predicted octanol–water partition coefficient (Wildman–Crippen LogP) is 2.28. The van der Waals surface area contributed by atoms with E-state index >= 15 is 0 Å². The standard InChI is InChI=1S/C14H20BrN5/c1-4-20-14(12(15)9-17-20)13(18-16)10-5-7-11(8-6-10)19(2)3/h5-9,13,18H,4,16H2,1-3H3. The van der Waals surface area contributed by atoms with Crippen LogP contribution < -0.4 is 16.2 Å². The van der Waals surface area contributed by atoms with Crippen LogP contribution in [0.25, 0.3) is 0 Å². The molecule has 3 N–H and O–H groups in total. The number of aryl methyl sites for hydroxylation is 1. The largest absolute Gasteiger partial charge is 0.378 e. The molecule has 0 spiro atoms. The lowest BCUT2D eigenvalue weighted by molar-refractivity contribution is 0.542. The number of benzene rings is 1. The number of rotatable bonds is 5. The van der Waals surface area contributed by atoms with Gasteiger partial charge >= 0.3 is 0 Å². The molecule has 1 atom stereocenters. The first-order chi connectivity index (χ1) is 9.58. The Morgan fingerprint density at radius 2 is 2.00 bits per heavy atom. The van der Waals surface area contributed by atoms with Gasteiger partial charge in [0, 0.05) is 26.3 Å². The average Bonchev–Trinajstić information content (AvgIpc) is 2.82. The molecule has 0 saturated heterocycles. The molecule has 2 aromatic rings. The first-order valence-corrected chi connectivity index (χ1v) is 7.32. The minimum absolute atomic E-state index is 0.0944. The number of halogens is 1. The van der Waals surface area contributed by atoms with Crippen molar-refractivity contribution in [2.45, 2.75) is 19.5 Å². The molecule has 5 nitrogen and oxygen atoms in total. The smallest absolute Gasteiger partial charge is 0.0889 e. The fraction of sp³-hybridized carbons (Fsp3) is 0.357. The van der Waals surface area contributed by atoms with Crippen LogP contribution in [-0.2, 0) is 6.54 Å². The number of hydrogen-bond donors (Lipinski definition) is 2. The molecule has 0 radical (unpaired) electrons. The molecule has 1 unspecified atom stereocenters. The van der Waals surface area contributed by atoms with Crippen LogP contribution in [-0.4, -0.2) is 23.9 Å². The van der Waals surface area contributed by atoms with Crippen LogP contribution in [0.1, 0.15) is 24.2 Å². The van der Waals surface area contributed by atoms with E-state index in [-0.39, 0.29) is 6.04 Å². The number of anilines is 1. The molecule has 0 aliphatic rings. The summed E-state index contributed by atoms with van der Waals surface area (Å²) < 4.78 is 2.90. The zero-order valence-electron chi connectivity index (χ0n) is 12.0. The van der Waals surface area contributed by atoms with E-state index in [2.05, 4.69) is 62.5 Å². The zero-order chi connectivity index (χ0) is 14.7. The number of nitrogens with two attached hydrogens (primary N) is 1. The topological polar surface area (TPSA) is 59.1 Å². The maximum atomic E-state index is 5.76. The number of hydrogen-bond acceptors (Lipinski definition) is 4. The third-order valence-electron chi connectivity index (χ3n) is 3.32. The molecule has 2 rings (SSSR count). The third kappa shape index (κ3) is 2.87. The van der Waals surface area contributed by atoms with E-state index in [1.165, 1.54) is 0 Å². The van der Waals surface area contributed by atoms with Crippen molar-refractivity contribution in [3.05, 3.63) is 46.2 Å². The first-order valence-electron chi connectivity index (χ1n) is 6.53. The third-order valence-corrected chi connectivity index (χ3v) is 3.93. The van der Waals surface area contributed by atoms with E-state index in [1.54, 1.807) is 6.20 Å². The molecule has 0 saturated carbocycles. The van der Waals surface area contributed by atoms with Crippen LogP contribution in [0.4, 0.5) is 5.69 Å². The second-order valence-electron chi connectivity index (χ2n) is 4.78. The van der Waals surface area contributed by atoms with Crippen LogP contribution in [0.5, 0.6) is 0 Å². The van der Waals surface area contributed by atoms with Crippen LogP contribution in [0.3, 0.4) is 0 Å². The maximum Gasteiger partial charge on any atom is 0.0889 e. The van der Waals surface area contributed by atoms with Crippen LogP contribution >= 0.6 is 15.9 Å². The summed E-state index contributed by atoms with van der Waals surface area (Å²) in [5, 5.41) is 4.34. The molecular weight excluding hydrogens is 318 g/mol. The van der Waals surface area contributed by atoms with Crippen molar-refractivity contribution in [1.29, 1.82) is 0 Å². The summed E-state index contributed by atoms with van der Waals surface area (Å²) in [6.45, 7) is 2.86. The minimum atomic E-state index is -0.0944. The second kappa shape index (κ2) is 6.39. The van der Waals surface area contributed by atoms with Crippen molar-refractivity contribution in [1.82, 2.24) is 15.2 Å². The van der Waals surface area contributed by atoms with E-state index in [0.717, 1.165) is 28.0 Å². The summed E-state index contributed by atoms with van der Waals surface area (Å²) in [4.78, 5) is 2.07. The lowest BCUT2D eigenvalue weighted by Gasteiger charge is -2.20. The van der Waals surface area contributed by atoms with Crippen LogP contribution in [0, 0.1) is 0 Å². The Kier molecular flexibility index (Phi) is 4.80. The Bertz CT molecular complexity index is 561. The highest BCUT2D eigenvalue weighted by atomic mass is 79.9. The monoisotopic (exact) mass is 337 g/mol. The highest BCUT2D eigenvalue weighted by Gasteiger charge is 2.20. The van der Waals surface area contributed by atoms with Crippen LogP contribution in [0.15, 0.2) is 34.9 Å². The van der Waals surface area contributed by atoms with Crippen molar-refractivity contribution in [2.24, 2.45) is 5.84 Å². The van der Waals surface area contributed by atoms with E-state index < -0.39 is 0 Å². The van der Waals surface area contributed by atoms with E-state index in [4.69, 9.17) is 5.84 Å². The summed E-state index contributed by atoms with van der Waals surface area (Å²) in [6, 6.07) is 8.24. The average molecular weight is 338 g/mol. The summed E-state index contributed by atoms with van der Waals surface area (Å²) in [5.41, 5.74) is 6.18. The van der Waals surface area contributed by atoms with Crippen molar-refractivity contribution >= 4 is 21.6 Å². The van der Waals surface area contributed by atoms with E-state index in [1.807, 2.05) is 18.8 Å². The van der Waals surface area contributed by atoms with Gasteiger partial charge in [-0.3, -0.25) is 10.5 Å². The maximum absolute atomic E-state index is 5.76. The number of nitrogens with one attached hydrogen (secondary N) is 1. The Hall–Kier alpha value is -1.37. The summed E-state index contributed by atoms with van der Waals surface area (Å²) in [6.07, 6.45) is 1.80. The summed E-state index contributed by atoms with van der Waals surface area (Å²) in [5.74, 6) is 5.76. The van der Waals surface area contributed by atoms with Gasteiger partial charge in [0.2, 0.25) is 0 Å². The molecule has 0 aliphatic carbocycles.